The van der Waals surface area contributed by atoms with E-state index < -0.39 is 0 Å². The summed E-state index contributed by atoms with van der Waals surface area (Å²) in [4.78, 5) is 18.2. The first-order chi connectivity index (χ1) is 12.8. The maximum absolute atomic E-state index is 4.94. The van der Waals surface area contributed by atoms with Crippen LogP contribution in [-0.4, -0.2) is 60.1 Å². The first-order valence-electron chi connectivity index (χ1n) is 9.48. The van der Waals surface area contributed by atoms with Crippen molar-refractivity contribution >= 4 is 11.9 Å². The summed E-state index contributed by atoms with van der Waals surface area (Å²) < 4.78 is 0. The highest BCUT2D eigenvalue weighted by molar-refractivity contribution is 5.80. The van der Waals surface area contributed by atoms with Crippen molar-refractivity contribution in [1.29, 1.82) is 0 Å². The van der Waals surface area contributed by atoms with Gasteiger partial charge >= 0.3 is 0 Å². The highest BCUT2D eigenvalue weighted by Crippen LogP contribution is 2.34. The first kappa shape index (κ1) is 16.8. The molecule has 0 saturated carbocycles. The van der Waals surface area contributed by atoms with Crippen LogP contribution in [-0.2, 0) is 6.42 Å². The molecule has 1 saturated heterocycles. The number of fused-ring (bicyclic) bond motifs is 1. The zero-order valence-corrected chi connectivity index (χ0v) is 15.3. The number of nitrogens with one attached hydrogen (secondary N) is 1. The van der Waals surface area contributed by atoms with Crippen molar-refractivity contribution in [3.8, 4) is 0 Å². The maximum Gasteiger partial charge on any atom is 0.225 e. The topological polar surface area (TPSA) is 56.7 Å². The van der Waals surface area contributed by atoms with Crippen molar-refractivity contribution in [2.75, 3.05) is 44.2 Å². The minimum atomic E-state index is 0.568. The van der Waals surface area contributed by atoms with Gasteiger partial charge in [-0.15, -0.1) is 0 Å². The van der Waals surface area contributed by atoms with Crippen LogP contribution in [0.15, 0.2) is 47.7 Å². The van der Waals surface area contributed by atoms with Gasteiger partial charge in [0.25, 0.3) is 0 Å². The molecule has 6 nitrogen and oxygen atoms in total. The molecule has 0 spiro atoms. The number of benzene rings is 1. The molecule has 1 aromatic heterocycles. The molecule has 1 aliphatic heterocycles. The Hall–Kier alpha value is -2.63. The molecule has 1 aromatic carbocycles. The van der Waals surface area contributed by atoms with Crippen molar-refractivity contribution in [3.05, 3.63) is 53.9 Å². The van der Waals surface area contributed by atoms with Crippen molar-refractivity contribution in [1.82, 2.24) is 20.2 Å². The van der Waals surface area contributed by atoms with E-state index in [-0.39, 0.29) is 0 Å². The van der Waals surface area contributed by atoms with Gasteiger partial charge in [-0.25, -0.2) is 9.97 Å². The summed E-state index contributed by atoms with van der Waals surface area (Å²) in [7, 11) is 0. The molecule has 2 aliphatic rings. The molecule has 26 heavy (non-hydrogen) atoms. The van der Waals surface area contributed by atoms with E-state index in [9.17, 15) is 0 Å². The Balaban J connectivity index is 1.37. The summed E-state index contributed by atoms with van der Waals surface area (Å²) in [6, 6.07) is 10.6. The van der Waals surface area contributed by atoms with Gasteiger partial charge < -0.3 is 15.1 Å². The molecule has 1 unspecified atom stereocenters. The number of nitrogens with zero attached hydrogens (tertiary/aromatic N) is 5. The number of guanidine groups is 1. The summed E-state index contributed by atoms with van der Waals surface area (Å²) in [5, 5.41) is 3.46. The second-order valence-electron chi connectivity index (χ2n) is 6.82. The van der Waals surface area contributed by atoms with Crippen molar-refractivity contribution in [3.63, 3.8) is 0 Å². The Labute approximate surface area is 155 Å². The average molecular weight is 350 g/mol. The second kappa shape index (κ2) is 7.72. The van der Waals surface area contributed by atoms with Crippen molar-refractivity contribution in [2.24, 2.45) is 4.99 Å². The predicted octanol–water partition coefficient (Wildman–Crippen LogP) is 1.90. The van der Waals surface area contributed by atoms with Gasteiger partial charge in [0, 0.05) is 57.6 Å². The van der Waals surface area contributed by atoms with Gasteiger partial charge in [-0.2, -0.15) is 0 Å². The average Bonchev–Trinajstić information content (AvgIpc) is 2.69. The Morgan fingerprint density at radius 1 is 1.12 bits per heavy atom. The molecule has 0 amide bonds. The van der Waals surface area contributed by atoms with Crippen LogP contribution in [0.4, 0.5) is 5.95 Å². The fourth-order valence-electron chi connectivity index (χ4n) is 3.72. The number of aliphatic imine (C=N–C) groups is 1. The van der Waals surface area contributed by atoms with Crippen LogP contribution < -0.4 is 10.2 Å². The zero-order valence-electron chi connectivity index (χ0n) is 15.3. The van der Waals surface area contributed by atoms with E-state index in [1.54, 1.807) is 12.4 Å². The molecule has 0 bridgehead atoms. The Kier molecular flexibility index (Phi) is 5.00. The Bertz CT molecular complexity index is 752. The highest BCUT2D eigenvalue weighted by Gasteiger charge is 2.26. The minimum Gasteiger partial charge on any atom is -0.357 e. The first-order valence-corrected chi connectivity index (χ1v) is 9.48. The van der Waals surface area contributed by atoms with Gasteiger partial charge in [0.05, 0.1) is 0 Å². The van der Waals surface area contributed by atoms with E-state index in [0.29, 0.717) is 5.92 Å². The van der Waals surface area contributed by atoms with Gasteiger partial charge in [0.1, 0.15) is 0 Å². The van der Waals surface area contributed by atoms with E-state index in [2.05, 4.69) is 56.3 Å². The number of aromatic nitrogens is 2. The molecule has 2 heterocycles. The number of rotatable bonds is 4. The lowest BCUT2D eigenvalue weighted by Crippen LogP contribution is -2.53. The number of piperazine rings is 1. The van der Waals surface area contributed by atoms with Crippen molar-refractivity contribution in [2.45, 2.75) is 19.3 Å². The third-order valence-corrected chi connectivity index (χ3v) is 5.17. The molecule has 1 aliphatic carbocycles. The molecule has 4 rings (SSSR count). The fourth-order valence-corrected chi connectivity index (χ4v) is 3.72. The van der Waals surface area contributed by atoms with Crippen LogP contribution in [0.25, 0.3) is 0 Å². The highest BCUT2D eigenvalue weighted by atomic mass is 15.4. The monoisotopic (exact) mass is 350 g/mol. The van der Waals surface area contributed by atoms with Gasteiger partial charge in [0.15, 0.2) is 5.96 Å². The van der Waals surface area contributed by atoms with Crippen LogP contribution in [0, 0.1) is 0 Å². The smallest absolute Gasteiger partial charge is 0.225 e. The van der Waals surface area contributed by atoms with Crippen molar-refractivity contribution < 1.29 is 0 Å². The van der Waals surface area contributed by atoms with Gasteiger partial charge in [-0.1, -0.05) is 24.3 Å². The van der Waals surface area contributed by atoms with E-state index in [1.165, 1.54) is 11.1 Å². The van der Waals surface area contributed by atoms with E-state index >= 15 is 0 Å². The summed E-state index contributed by atoms with van der Waals surface area (Å²) in [6.07, 6.45) is 4.76. The molecule has 6 heteroatoms. The number of anilines is 1. The largest absolute Gasteiger partial charge is 0.357 e. The molecule has 2 aromatic rings. The normalized spacial score (nSPS) is 19.7. The van der Waals surface area contributed by atoms with E-state index in [4.69, 9.17) is 4.99 Å². The van der Waals surface area contributed by atoms with E-state index in [0.717, 1.165) is 57.6 Å². The minimum absolute atomic E-state index is 0.568. The number of hydrogen-bond acceptors (Lipinski definition) is 4. The molecule has 1 atom stereocenters. The van der Waals surface area contributed by atoms with Crippen LogP contribution in [0.5, 0.6) is 0 Å². The zero-order chi connectivity index (χ0) is 17.8. The molecule has 0 radical (unpaired) electrons. The molecular weight excluding hydrogens is 324 g/mol. The Morgan fingerprint density at radius 2 is 1.88 bits per heavy atom. The molecular formula is C20H26N6. The van der Waals surface area contributed by atoms with Gasteiger partial charge in [0.2, 0.25) is 5.95 Å². The number of hydrogen-bond donors (Lipinski definition) is 1. The van der Waals surface area contributed by atoms with Crippen LogP contribution in [0.2, 0.25) is 0 Å². The van der Waals surface area contributed by atoms with E-state index in [1.807, 2.05) is 6.07 Å². The summed E-state index contributed by atoms with van der Waals surface area (Å²) in [6.45, 7) is 7.59. The third-order valence-electron chi connectivity index (χ3n) is 5.17. The lowest BCUT2D eigenvalue weighted by Gasteiger charge is -2.37. The van der Waals surface area contributed by atoms with Gasteiger partial charge in [-0.3, -0.25) is 4.99 Å². The molecule has 1 N–H and O–H groups in total. The SMILES string of the molecule is CCNC(=NCC1Cc2ccccc21)N1CCN(c2ncccn2)CC1. The van der Waals surface area contributed by atoms with Gasteiger partial charge in [-0.05, 0) is 30.5 Å². The lowest BCUT2D eigenvalue weighted by atomic mass is 9.78. The third kappa shape index (κ3) is 3.49. The summed E-state index contributed by atoms with van der Waals surface area (Å²) in [5.41, 5.74) is 2.95. The summed E-state index contributed by atoms with van der Waals surface area (Å²) in [5.74, 6) is 2.42. The van der Waals surface area contributed by atoms with Crippen LogP contribution in [0.1, 0.15) is 24.0 Å². The molecule has 136 valence electrons. The van der Waals surface area contributed by atoms with Crippen LogP contribution >= 0.6 is 0 Å². The molecule has 1 fully saturated rings. The summed E-state index contributed by atoms with van der Waals surface area (Å²) >= 11 is 0. The maximum atomic E-state index is 4.94. The predicted molar refractivity (Wildman–Crippen MR) is 105 cm³/mol. The quantitative estimate of drug-likeness (QED) is 0.674. The lowest BCUT2D eigenvalue weighted by molar-refractivity contribution is 0.369. The second-order valence-corrected chi connectivity index (χ2v) is 6.82. The standard InChI is InChI=1S/C20H26N6/c1-2-21-19(24-15-17-14-16-6-3-4-7-18(16)17)25-10-12-26(13-11-25)20-22-8-5-9-23-20/h3-9,17H,2,10-15H2,1H3,(H,21,24). The Morgan fingerprint density at radius 3 is 2.62 bits per heavy atom. The van der Waals surface area contributed by atoms with Crippen LogP contribution in [0.3, 0.4) is 0 Å². The fraction of sp³-hybridized carbons (Fsp3) is 0.450.